The van der Waals surface area contributed by atoms with Crippen LogP contribution in [0.1, 0.15) is 32.3 Å². The maximum absolute atomic E-state index is 11.9. The van der Waals surface area contributed by atoms with Crippen LogP contribution in [0.3, 0.4) is 0 Å². The number of carbonyl (C=O) groups excluding carboxylic acids is 1. The minimum atomic E-state index is -0.258. The highest BCUT2D eigenvalue weighted by Gasteiger charge is 2.18. The number of aryl methyl sites for hydroxylation is 1. The van der Waals surface area contributed by atoms with Gasteiger partial charge in [0.15, 0.2) is 6.61 Å². The van der Waals surface area contributed by atoms with Crippen LogP contribution in [-0.2, 0) is 4.79 Å². The number of rotatable bonds is 5. The van der Waals surface area contributed by atoms with Crippen LogP contribution in [0.25, 0.3) is 0 Å². The molecule has 122 valence electrons. The van der Waals surface area contributed by atoms with E-state index in [0.717, 1.165) is 35.3 Å². The lowest BCUT2D eigenvalue weighted by Crippen LogP contribution is -2.27. The fourth-order valence-corrected chi connectivity index (χ4v) is 2.45. The summed E-state index contributed by atoms with van der Waals surface area (Å²) in [5.74, 6) is 0.856. The molecule has 1 atom stereocenters. The van der Waals surface area contributed by atoms with E-state index in [9.17, 15) is 4.79 Å². The fourth-order valence-electron chi connectivity index (χ4n) is 2.45. The van der Waals surface area contributed by atoms with E-state index in [-0.39, 0.29) is 12.5 Å². The number of carbonyl (C=O) groups is 1. The van der Waals surface area contributed by atoms with E-state index in [2.05, 4.69) is 23.2 Å². The van der Waals surface area contributed by atoms with Gasteiger partial charge in [0.05, 0.1) is 5.71 Å². The molecule has 0 saturated heterocycles. The Kier molecular flexibility index (Phi) is 5.74. The molecule has 0 aromatic heterocycles. The molecule has 23 heavy (non-hydrogen) atoms. The van der Waals surface area contributed by atoms with Gasteiger partial charge in [-0.3, -0.25) is 4.79 Å². The molecule has 0 unspecified atom stereocenters. The second-order valence-electron chi connectivity index (χ2n) is 6.02. The molecular formula is C19H24N2O2. The predicted octanol–water partition coefficient (Wildman–Crippen LogP) is 3.78. The predicted molar refractivity (Wildman–Crippen MR) is 93.5 cm³/mol. The third-order valence-corrected chi connectivity index (χ3v) is 4.07. The van der Waals surface area contributed by atoms with Crippen LogP contribution in [0, 0.1) is 12.8 Å². The first-order valence-corrected chi connectivity index (χ1v) is 7.83. The molecule has 0 heterocycles. The summed E-state index contributed by atoms with van der Waals surface area (Å²) in [5, 5.41) is 4.26. The maximum atomic E-state index is 11.9. The third kappa shape index (κ3) is 4.81. The molecule has 4 heteroatoms. The van der Waals surface area contributed by atoms with Gasteiger partial charge >= 0.3 is 0 Å². The molecule has 1 amide bonds. The summed E-state index contributed by atoms with van der Waals surface area (Å²) in [6.07, 6.45) is 3.96. The van der Waals surface area contributed by atoms with E-state index in [0.29, 0.717) is 11.7 Å². The second-order valence-corrected chi connectivity index (χ2v) is 6.02. The Morgan fingerprint density at radius 3 is 2.83 bits per heavy atom. The number of hydrogen-bond acceptors (Lipinski definition) is 3. The van der Waals surface area contributed by atoms with Crippen LogP contribution >= 0.6 is 0 Å². The molecule has 0 saturated carbocycles. The number of hydrogen-bond donors (Lipinski definition) is 1. The molecule has 0 aliphatic heterocycles. The zero-order valence-electron chi connectivity index (χ0n) is 14.1. The van der Waals surface area contributed by atoms with E-state index in [1.807, 2.05) is 45.0 Å². The van der Waals surface area contributed by atoms with Crippen molar-refractivity contribution in [1.29, 1.82) is 0 Å². The van der Waals surface area contributed by atoms with Crippen molar-refractivity contribution < 1.29 is 9.53 Å². The van der Waals surface area contributed by atoms with Crippen molar-refractivity contribution in [2.75, 3.05) is 6.61 Å². The van der Waals surface area contributed by atoms with Gasteiger partial charge in [-0.2, -0.15) is 5.10 Å². The maximum Gasteiger partial charge on any atom is 0.277 e. The monoisotopic (exact) mass is 312 g/mol. The first-order valence-electron chi connectivity index (χ1n) is 7.83. The summed E-state index contributed by atoms with van der Waals surface area (Å²) in [7, 11) is 0. The molecular weight excluding hydrogens is 288 g/mol. The Balaban J connectivity index is 1.90. The number of allylic oxidation sites excluding steroid dienone is 3. The van der Waals surface area contributed by atoms with Crippen LogP contribution in [-0.4, -0.2) is 18.2 Å². The molecule has 4 nitrogen and oxygen atoms in total. The lowest BCUT2D eigenvalue weighted by atomic mass is 9.85. The standard InChI is InChI=1S/C19H24N2O2/c1-13(2)16-10-9-14(3)17(11-16)20-21-19(22)12-23-18-8-6-5-7-15(18)4/h5-9,16H,1,10-12H2,2-4H3,(H,21,22)/b20-17-/t16-/m1/s1. The normalized spacial score (nSPS) is 19.2. The van der Waals surface area contributed by atoms with Crippen molar-refractivity contribution in [1.82, 2.24) is 5.43 Å². The Labute approximate surface area is 137 Å². The van der Waals surface area contributed by atoms with E-state index in [4.69, 9.17) is 4.74 Å². The van der Waals surface area contributed by atoms with Gasteiger partial charge in [-0.15, -0.1) is 0 Å². The van der Waals surface area contributed by atoms with Crippen LogP contribution in [0.2, 0.25) is 0 Å². The van der Waals surface area contributed by atoms with Crippen LogP contribution < -0.4 is 10.2 Å². The molecule has 1 aromatic carbocycles. The highest BCUT2D eigenvalue weighted by Crippen LogP contribution is 2.26. The quantitative estimate of drug-likeness (QED) is 0.664. The SMILES string of the molecule is C=C(C)[C@@H]1CC=C(C)/C(=N\NC(=O)COc2ccccc2C)C1. The van der Waals surface area contributed by atoms with E-state index in [1.165, 1.54) is 0 Å². The average molecular weight is 312 g/mol. The average Bonchev–Trinajstić information content (AvgIpc) is 2.53. The molecule has 0 fully saturated rings. The molecule has 2 rings (SSSR count). The molecule has 0 bridgehead atoms. The zero-order valence-corrected chi connectivity index (χ0v) is 14.1. The topological polar surface area (TPSA) is 50.7 Å². The summed E-state index contributed by atoms with van der Waals surface area (Å²) < 4.78 is 5.51. The Hall–Kier alpha value is -2.36. The lowest BCUT2D eigenvalue weighted by Gasteiger charge is -2.22. The number of nitrogens with zero attached hydrogens (tertiary/aromatic N) is 1. The van der Waals surface area contributed by atoms with Gasteiger partial charge < -0.3 is 4.74 Å². The Morgan fingerprint density at radius 2 is 2.13 bits per heavy atom. The summed E-state index contributed by atoms with van der Waals surface area (Å²) in [6.45, 7) is 9.96. The highest BCUT2D eigenvalue weighted by molar-refractivity contribution is 6.01. The summed E-state index contributed by atoms with van der Waals surface area (Å²) >= 11 is 0. The lowest BCUT2D eigenvalue weighted by molar-refractivity contribution is -0.123. The summed E-state index contributed by atoms with van der Waals surface area (Å²) in [5.41, 5.74) is 6.76. The smallest absolute Gasteiger partial charge is 0.277 e. The van der Waals surface area contributed by atoms with E-state index < -0.39 is 0 Å². The van der Waals surface area contributed by atoms with Crippen molar-refractivity contribution in [3.63, 3.8) is 0 Å². The van der Waals surface area contributed by atoms with Gasteiger partial charge in [0.1, 0.15) is 5.75 Å². The van der Waals surface area contributed by atoms with Gasteiger partial charge in [-0.05, 0) is 56.7 Å². The number of para-hydroxylation sites is 1. The number of ether oxygens (including phenoxy) is 1. The highest BCUT2D eigenvalue weighted by atomic mass is 16.5. The van der Waals surface area contributed by atoms with Gasteiger partial charge in [0.25, 0.3) is 5.91 Å². The van der Waals surface area contributed by atoms with Crippen molar-refractivity contribution >= 4 is 11.6 Å². The number of nitrogens with one attached hydrogen (secondary N) is 1. The Bertz CT molecular complexity index is 659. The number of benzene rings is 1. The van der Waals surface area contributed by atoms with Crippen LogP contribution in [0.15, 0.2) is 53.2 Å². The second kappa shape index (κ2) is 7.77. The first-order chi connectivity index (χ1) is 11.0. The van der Waals surface area contributed by atoms with E-state index in [1.54, 1.807) is 0 Å². The molecule has 1 aliphatic carbocycles. The van der Waals surface area contributed by atoms with Crippen LogP contribution in [0.4, 0.5) is 0 Å². The van der Waals surface area contributed by atoms with Gasteiger partial charge in [0.2, 0.25) is 0 Å². The van der Waals surface area contributed by atoms with Gasteiger partial charge in [0, 0.05) is 0 Å². The first kappa shape index (κ1) is 17.0. The van der Waals surface area contributed by atoms with Gasteiger partial charge in [-0.1, -0.05) is 36.4 Å². The molecule has 1 N–H and O–H groups in total. The molecule has 0 radical (unpaired) electrons. The largest absolute Gasteiger partial charge is 0.483 e. The van der Waals surface area contributed by atoms with Crippen LogP contribution in [0.5, 0.6) is 5.75 Å². The number of hydrazone groups is 1. The summed E-state index contributed by atoms with van der Waals surface area (Å²) in [4.78, 5) is 11.9. The van der Waals surface area contributed by atoms with Crippen molar-refractivity contribution in [3.05, 3.63) is 53.6 Å². The van der Waals surface area contributed by atoms with Gasteiger partial charge in [-0.25, -0.2) is 5.43 Å². The Morgan fingerprint density at radius 1 is 1.39 bits per heavy atom. The third-order valence-electron chi connectivity index (χ3n) is 4.07. The minimum Gasteiger partial charge on any atom is -0.483 e. The van der Waals surface area contributed by atoms with Crippen molar-refractivity contribution in [2.45, 2.75) is 33.6 Å². The van der Waals surface area contributed by atoms with Crippen molar-refractivity contribution in [2.24, 2.45) is 11.0 Å². The molecule has 1 aliphatic rings. The zero-order chi connectivity index (χ0) is 16.8. The van der Waals surface area contributed by atoms with Crippen molar-refractivity contribution in [3.8, 4) is 5.75 Å². The minimum absolute atomic E-state index is 0.0473. The number of amides is 1. The fraction of sp³-hybridized carbons (Fsp3) is 0.368. The van der Waals surface area contributed by atoms with E-state index >= 15 is 0 Å². The summed E-state index contributed by atoms with van der Waals surface area (Å²) in [6, 6.07) is 7.61. The molecule has 0 spiro atoms. The molecule has 1 aromatic rings.